The number of rotatable bonds is 4. The molecule has 0 amide bonds. The predicted molar refractivity (Wildman–Crippen MR) is 100 cm³/mol. The summed E-state index contributed by atoms with van der Waals surface area (Å²) in [6.07, 6.45) is 2.73. The van der Waals surface area contributed by atoms with Gasteiger partial charge in [0.2, 0.25) is 0 Å². The summed E-state index contributed by atoms with van der Waals surface area (Å²) >= 11 is 2.07. The van der Waals surface area contributed by atoms with Gasteiger partial charge >= 0.3 is 0 Å². The molecule has 128 valence electrons. The molecule has 1 aromatic heterocycles. The second-order valence-electron chi connectivity index (χ2n) is 5.78. The van der Waals surface area contributed by atoms with E-state index in [4.69, 9.17) is 0 Å². The van der Waals surface area contributed by atoms with Crippen molar-refractivity contribution in [2.75, 3.05) is 25.9 Å². The Hall–Kier alpha value is -2.02. The fraction of sp³-hybridized carbons (Fsp3) is 0.471. The maximum atomic E-state index is 4.46. The topological polar surface area (TPSA) is 69.2 Å². The molecular formula is C17H24N6S. The van der Waals surface area contributed by atoms with Crippen molar-refractivity contribution in [2.24, 2.45) is 4.99 Å². The third-order valence-electron chi connectivity index (χ3n) is 4.17. The number of guanidine groups is 1. The van der Waals surface area contributed by atoms with E-state index in [2.05, 4.69) is 61.2 Å². The maximum absolute atomic E-state index is 4.46. The average molecular weight is 344 g/mol. The van der Waals surface area contributed by atoms with Crippen molar-refractivity contribution in [3.8, 4) is 11.4 Å². The van der Waals surface area contributed by atoms with Gasteiger partial charge in [-0.3, -0.25) is 10.1 Å². The van der Waals surface area contributed by atoms with Gasteiger partial charge in [0.1, 0.15) is 6.33 Å². The highest BCUT2D eigenvalue weighted by Crippen LogP contribution is 2.21. The molecule has 1 aliphatic rings. The van der Waals surface area contributed by atoms with E-state index in [9.17, 15) is 0 Å². The van der Waals surface area contributed by atoms with E-state index < -0.39 is 0 Å². The fourth-order valence-electron chi connectivity index (χ4n) is 2.85. The number of H-pyrrole nitrogens is 1. The monoisotopic (exact) mass is 344 g/mol. The van der Waals surface area contributed by atoms with Crippen LogP contribution in [-0.2, 0) is 6.54 Å². The second kappa shape index (κ2) is 8.19. The molecule has 6 nitrogen and oxygen atoms in total. The maximum Gasteiger partial charge on any atom is 0.193 e. The molecule has 0 bridgehead atoms. The van der Waals surface area contributed by atoms with Crippen molar-refractivity contribution < 1.29 is 0 Å². The lowest BCUT2D eigenvalue weighted by molar-refractivity contribution is 0.408. The summed E-state index contributed by atoms with van der Waals surface area (Å²) in [6.45, 7) is 5.12. The molecule has 0 radical (unpaired) electrons. The summed E-state index contributed by atoms with van der Waals surface area (Å²) in [5.41, 5.74) is 2.24. The minimum absolute atomic E-state index is 0.701. The van der Waals surface area contributed by atoms with Crippen molar-refractivity contribution in [1.29, 1.82) is 0 Å². The SMILES string of the molecule is CCC1CN(C(=NC)NCc2cccc(-c3ncn[nH]3)c2)CCS1. The van der Waals surface area contributed by atoms with Crippen LogP contribution >= 0.6 is 11.8 Å². The largest absolute Gasteiger partial charge is 0.352 e. The van der Waals surface area contributed by atoms with Gasteiger partial charge < -0.3 is 10.2 Å². The summed E-state index contributed by atoms with van der Waals surface area (Å²) in [6, 6.07) is 8.32. The van der Waals surface area contributed by atoms with Crippen LogP contribution < -0.4 is 5.32 Å². The summed E-state index contributed by atoms with van der Waals surface area (Å²) in [7, 11) is 1.86. The van der Waals surface area contributed by atoms with Crippen molar-refractivity contribution in [1.82, 2.24) is 25.4 Å². The van der Waals surface area contributed by atoms with Crippen molar-refractivity contribution in [2.45, 2.75) is 25.1 Å². The molecule has 1 aromatic carbocycles. The molecule has 24 heavy (non-hydrogen) atoms. The van der Waals surface area contributed by atoms with Gasteiger partial charge in [0.25, 0.3) is 0 Å². The molecule has 2 aromatic rings. The highest BCUT2D eigenvalue weighted by atomic mass is 32.2. The molecule has 0 spiro atoms. The first kappa shape index (κ1) is 16.8. The third-order valence-corrected chi connectivity index (χ3v) is 5.54. The Labute approximate surface area is 147 Å². The number of hydrogen-bond acceptors (Lipinski definition) is 4. The summed E-state index contributed by atoms with van der Waals surface area (Å²) in [4.78, 5) is 11.0. The van der Waals surface area contributed by atoms with Crippen LogP contribution in [0.15, 0.2) is 35.6 Å². The number of nitrogens with zero attached hydrogens (tertiary/aromatic N) is 4. The van der Waals surface area contributed by atoms with Crippen molar-refractivity contribution >= 4 is 17.7 Å². The highest BCUT2D eigenvalue weighted by molar-refractivity contribution is 8.00. The molecule has 7 heteroatoms. The van der Waals surface area contributed by atoms with Crippen LogP contribution in [0.25, 0.3) is 11.4 Å². The molecule has 2 heterocycles. The fourth-order valence-corrected chi connectivity index (χ4v) is 4.03. The Morgan fingerprint density at radius 2 is 2.42 bits per heavy atom. The summed E-state index contributed by atoms with van der Waals surface area (Å²) in [5, 5.41) is 11.0. The lowest BCUT2D eigenvalue weighted by Crippen LogP contribution is -2.47. The van der Waals surface area contributed by atoms with Gasteiger partial charge in [0.05, 0.1) is 0 Å². The normalized spacial score (nSPS) is 18.7. The Kier molecular flexibility index (Phi) is 5.74. The Bertz CT molecular complexity index is 669. The molecule has 0 saturated carbocycles. The van der Waals surface area contributed by atoms with Crippen LogP contribution in [0.1, 0.15) is 18.9 Å². The minimum Gasteiger partial charge on any atom is -0.352 e. The number of aromatic amines is 1. The van der Waals surface area contributed by atoms with Gasteiger partial charge in [-0.15, -0.1) is 0 Å². The third kappa shape index (κ3) is 4.08. The molecule has 1 atom stereocenters. The number of aromatic nitrogens is 3. The van der Waals surface area contributed by atoms with E-state index in [0.29, 0.717) is 5.25 Å². The Morgan fingerprint density at radius 1 is 1.50 bits per heavy atom. The molecule has 2 N–H and O–H groups in total. The smallest absolute Gasteiger partial charge is 0.193 e. The zero-order valence-electron chi connectivity index (χ0n) is 14.2. The number of hydrogen-bond donors (Lipinski definition) is 2. The molecular weight excluding hydrogens is 320 g/mol. The standard InChI is InChI=1S/C17H24N6S/c1-3-15-11-23(7-8-24-15)17(18-2)19-10-13-5-4-6-14(9-13)16-20-12-21-22-16/h4-6,9,12,15H,3,7-8,10-11H2,1-2H3,(H,18,19)(H,20,21,22). The molecule has 3 rings (SSSR count). The van der Waals surface area contributed by atoms with Gasteiger partial charge in [-0.25, -0.2) is 4.98 Å². The van der Waals surface area contributed by atoms with Gasteiger partial charge in [-0.05, 0) is 18.1 Å². The summed E-state index contributed by atoms with van der Waals surface area (Å²) < 4.78 is 0. The molecule has 1 aliphatic heterocycles. The van der Waals surface area contributed by atoms with Crippen LogP contribution in [-0.4, -0.2) is 57.2 Å². The van der Waals surface area contributed by atoms with Crippen molar-refractivity contribution in [3.63, 3.8) is 0 Å². The van der Waals surface area contributed by atoms with Gasteiger partial charge in [0.15, 0.2) is 11.8 Å². The first-order valence-corrected chi connectivity index (χ1v) is 9.37. The quantitative estimate of drug-likeness (QED) is 0.658. The number of aliphatic imine (C=N–C) groups is 1. The van der Waals surface area contributed by atoms with E-state index in [0.717, 1.165) is 37.0 Å². The Balaban J connectivity index is 1.63. The number of thioether (sulfide) groups is 1. The predicted octanol–water partition coefficient (Wildman–Crippen LogP) is 2.37. The minimum atomic E-state index is 0.701. The van der Waals surface area contributed by atoms with E-state index in [1.807, 2.05) is 19.2 Å². The van der Waals surface area contributed by atoms with Gasteiger partial charge in [-0.2, -0.15) is 16.9 Å². The lowest BCUT2D eigenvalue weighted by atomic mass is 10.1. The van der Waals surface area contributed by atoms with Crippen LogP contribution in [0.3, 0.4) is 0 Å². The highest BCUT2D eigenvalue weighted by Gasteiger charge is 2.21. The van der Waals surface area contributed by atoms with Crippen LogP contribution in [0.5, 0.6) is 0 Å². The van der Waals surface area contributed by atoms with Gasteiger partial charge in [-0.1, -0.05) is 25.1 Å². The van der Waals surface area contributed by atoms with Crippen LogP contribution in [0.2, 0.25) is 0 Å². The molecule has 0 aliphatic carbocycles. The Morgan fingerprint density at radius 3 is 3.17 bits per heavy atom. The molecule has 1 fully saturated rings. The first-order chi connectivity index (χ1) is 11.8. The van der Waals surface area contributed by atoms with E-state index in [1.54, 1.807) is 0 Å². The zero-order chi connectivity index (χ0) is 16.8. The van der Waals surface area contributed by atoms with E-state index >= 15 is 0 Å². The zero-order valence-corrected chi connectivity index (χ0v) is 15.0. The molecule has 1 unspecified atom stereocenters. The summed E-state index contributed by atoms with van der Waals surface area (Å²) in [5.74, 6) is 2.94. The van der Waals surface area contributed by atoms with Crippen LogP contribution in [0.4, 0.5) is 0 Å². The number of benzene rings is 1. The lowest BCUT2D eigenvalue weighted by Gasteiger charge is -2.34. The van der Waals surface area contributed by atoms with Crippen molar-refractivity contribution in [3.05, 3.63) is 36.2 Å². The second-order valence-corrected chi connectivity index (χ2v) is 7.19. The van der Waals surface area contributed by atoms with E-state index in [-0.39, 0.29) is 0 Å². The average Bonchev–Trinajstić information content (AvgIpc) is 3.17. The van der Waals surface area contributed by atoms with Crippen LogP contribution in [0, 0.1) is 0 Å². The first-order valence-electron chi connectivity index (χ1n) is 8.32. The van der Waals surface area contributed by atoms with Gasteiger partial charge in [0, 0.05) is 43.2 Å². The van der Waals surface area contributed by atoms with E-state index in [1.165, 1.54) is 24.1 Å². The number of nitrogens with one attached hydrogen (secondary N) is 2. The molecule has 1 saturated heterocycles.